The Labute approximate surface area is 434 Å². The number of anilines is 3. The van der Waals surface area contributed by atoms with Gasteiger partial charge in [-0.05, 0) is 162 Å². The van der Waals surface area contributed by atoms with Gasteiger partial charge in [-0.15, -0.1) is 0 Å². The minimum absolute atomic E-state index is 0.896. The minimum atomic E-state index is 0.896. The van der Waals surface area contributed by atoms with Gasteiger partial charge < -0.3 is 13.9 Å². The summed E-state index contributed by atoms with van der Waals surface area (Å²) in [6.45, 7) is 0. The molecule has 0 saturated heterocycles. The van der Waals surface area contributed by atoms with Crippen molar-refractivity contribution in [2.24, 2.45) is 0 Å². The van der Waals surface area contributed by atoms with E-state index in [1.54, 1.807) is 0 Å². The van der Waals surface area contributed by atoms with Crippen LogP contribution in [0, 0.1) is 0 Å². The van der Waals surface area contributed by atoms with E-state index in [4.69, 9.17) is 4.42 Å². The molecular weight excluding hydrogens is 909 g/mol. The summed E-state index contributed by atoms with van der Waals surface area (Å²) in [5.41, 5.74) is 17.9. The lowest BCUT2D eigenvalue weighted by atomic mass is 9.94. The maximum atomic E-state index is 6.28. The van der Waals surface area contributed by atoms with Crippen molar-refractivity contribution in [3.63, 3.8) is 0 Å². The van der Waals surface area contributed by atoms with Crippen molar-refractivity contribution in [2.75, 3.05) is 4.90 Å². The maximum absolute atomic E-state index is 6.28. The molecule has 0 N–H and O–H groups in total. The number of para-hydroxylation sites is 1. The Balaban J connectivity index is 0.846. The highest BCUT2D eigenvalue weighted by molar-refractivity contribution is 6.26. The van der Waals surface area contributed by atoms with Crippen LogP contribution in [0.15, 0.2) is 283 Å². The smallest absolute Gasteiger partial charge is 0.136 e. The van der Waals surface area contributed by atoms with Crippen LogP contribution >= 0.6 is 0 Å². The second kappa shape index (κ2) is 17.4. The van der Waals surface area contributed by atoms with Gasteiger partial charge in [0.2, 0.25) is 0 Å². The third-order valence-electron chi connectivity index (χ3n) is 15.4. The van der Waals surface area contributed by atoms with Gasteiger partial charge in [0.1, 0.15) is 11.2 Å². The minimum Gasteiger partial charge on any atom is -0.456 e. The molecule has 0 unspecified atom stereocenters. The number of aromatic nitrogens is 1. The molecule has 2 heterocycles. The molecule has 3 heteroatoms. The molecule has 0 radical (unpaired) electrons. The molecule has 0 spiro atoms. The molecule has 15 rings (SSSR count). The quantitative estimate of drug-likeness (QED) is 0.142. The van der Waals surface area contributed by atoms with Crippen molar-refractivity contribution in [3.05, 3.63) is 279 Å². The summed E-state index contributed by atoms with van der Waals surface area (Å²) in [6, 6.07) is 102. The fourth-order valence-corrected chi connectivity index (χ4v) is 11.8. The first-order chi connectivity index (χ1) is 37.2. The van der Waals surface area contributed by atoms with Gasteiger partial charge in [-0.3, -0.25) is 0 Å². The highest BCUT2D eigenvalue weighted by atomic mass is 16.3. The fraction of sp³-hybridized carbons (Fsp3) is 0. The van der Waals surface area contributed by atoms with Crippen LogP contribution in [0.4, 0.5) is 17.1 Å². The highest BCUT2D eigenvalue weighted by Gasteiger charge is 2.19. The zero-order valence-electron chi connectivity index (χ0n) is 40.9. The molecule has 0 aliphatic carbocycles. The van der Waals surface area contributed by atoms with Gasteiger partial charge in [0.15, 0.2) is 0 Å². The van der Waals surface area contributed by atoms with E-state index in [0.29, 0.717) is 0 Å². The van der Waals surface area contributed by atoms with Gasteiger partial charge in [0.25, 0.3) is 0 Å². The molecule has 0 aliphatic heterocycles. The fourth-order valence-electron chi connectivity index (χ4n) is 11.8. The number of benzene rings is 13. The first-order valence-corrected chi connectivity index (χ1v) is 25.7. The lowest BCUT2D eigenvalue weighted by Crippen LogP contribution is -2.09. The summed E-state index contributed by atoms with van der Waals surface area (Å²) < 4.78 is 8.74. The number of furan rings is 1. The Hall–Kier alpha value is -9.96. The largest absolute Gasteiger partial charge is 0.456 e. The lowest BCUT2D eigenvalue weighted by Gasteiger charge is -2.26. The van der Waals surface area contributed by atoms with Crippen LogP contribution in [0.2, 0.25) is 0 Å². The normalized spacial score (nSPS) is 11.7. The van der Waals surface area contributed by atoms with Gasteiger partial charge in [-0.1, -0.05) is 194 Å². The standard InChI is InChI=1S/C72H46N2O/c1-3-14-47(15-4-1)49-26-34-54(35-27-49)73(56-38-30-51(31-39-56)58-23-13-25-71-72(58)64-22-11-12-24-70(64)75-71)55-36-28-50(29-37-55)53-33-43-69-67(45-53)66-44-52(48-16-5-2-6-17-48)32-42-68(66)74(69)57-40-41-63-61-20-8-7-18-59(61)60-19-9-10-21-62(60)65(63)46-57/h1-46H. The van der Waals surface area contributed by atoms with Crippen LogP contribution < -0.4 is 4.90 Å². The van der Waals surface area contributed by atoms with Crippen molar-refractivity contribution in [3.8, 4) is 50.2 Å². The van der Waals surface area contributed by atoms with Gasteiger partial charge >= 0.3 is 0 Å². The first kappa shape index (κ1) is 42.7. The van der Waals surface area contributed by atoms with E-state index in [2.05, 4.69) is 276 Å². The predicted molar refractivity (Wildman–Crippen MR) is 317 cm³/mol. The predicted octanol–water partition coefficient (Wildman–Crippen LogP) is 20.3. The zero-order valence-corrected chi connectivity index (χ0v) is 40.9. The van der Waals surface area contributed by atoms with E-state index in [1.807, 2.05) is 12.1 Å². The van der Waals surface area contributed by atoms with Crippen molar-refractivity contribution < 1.29 is 4.42 Å². The Morgan fingerprint density at radius 3 is 1.23 bits per heavy atom. The molecule has 0 amide bonds. The molecule has 3 nitrogen and oxygen atoms in total. The zero-order chi connectivity index (χ0) is 49.4. The average Bonchev–Trinajstić information content (AvgIpc) is 4.07. The number of hydrogen-bond donors (Lipinski definition) is 0. The average molecular weight is 955 g/mol. The van der Waals surface area contributed by atoms with Gasteiger partial charge in [-0.25, -0.2) is 0 Å². The summed E-state index contributed by atoms with van der Waals surface area (Å²) in [6.07, 6.45) is 0. The third-order valence-corrected chi connectivity index (χ3v) is 15.4. The Morgan fingerprint density at radius 2 is 0.667 bits per heavy atom. The van der Waals surface area contributed by atoms with Crippen molar-refractivity contribution in [2.45, 2.75) is 0 Å². The van der Waals surface area contributed by atoms with E-state index in [-0.39, 0.29) is 0 Å². The molecule has 0 aliphatic rings. The number of nitrogens with zero attached hydrogens (tertiary/aromatic N) is 2. The molecule has 0 atom stereocenters. The first-order valence-electron chi connectivity index (χ1n) is 25.7. The van der Waals surface area contributed by atoms with Crippen LogP contribution in [-0.4, -0.2) is 4.57 Å². The van der Waals surface area contributed by atoms with E-state index >= 15 is 0 Å². The van der Waals surface area contributed by atoms with Gasteiger partial charge in [0, 0.05) is 44.3 Å². The molecule has 15 aromatic rings. The van der Waals surface area contributed by atoms with Gasteiger partial charge in [0.05, 0.1) is 11.0 Å². The van der Waals surface area contributed by atoms with E-state index in [0.717, 1.165) is 61.4 Å². The van der Waals surface area contributed by atoms with Crippen LogP contribution in [0.1, 0.15) is 0 Å². The summed E-state index contributed by atoms with van der Waals surface area (Å²) in [7, 11) is 0. The highest BCUT2D eigenvalue weighted by Crippen LogP contribution is 2.43. The van der Waals surface area contributed by atoms with Gasteiger partial charge in [-0.2, -0.15) is 0 Å². The summed E-state index contributed by atoms with van der Waals surface area (Å²) >= 11 is 0. The van der Waals surface area contributed by atoms with E-state index in [1.165, 1.54) is 81.9 Å². The molecule has 350 valence electrons. The van der Waals surface area contributed by atoms with E-state index < -0.39 is 0 Å². The van der Waals surface area contributed by atoms with Crippen LogP contribution in [0.3, 0.4) is 0 Å². The number of rotatable bonds is 8. The van der Waals surface area contributed by atoms with E-state index in [9.17, 15) is 0 Å². The molecule has 0 saturated carbocycles. The summed E-state index contributed by atoms with van der Waals surface area (Å²) in [5.74, 6) is 0. The lowest BCUT2D eigenvalue weighted by molar-refractivity contribution is 0.669. The second-order valence-electron chi connectivity index (χ2n) is 19.6. The number of fused-ring (bicyclic) bond motifs is 12. The molecule has 75 heavy (non-hydrogen) atoms. The monoisotopic (exact) mass is 954 g/mol. The summed E-state index contributed by atoms with van der Waals surface area (Å²) in [5, 5.41) is 12.3. The Morgan fingerprint density at radius 1 is 0.253 bits per heavy atom. The second-order valence-corrected chi connectivity index (χ2v) is 19.6. The SMILES string of the molecule is c1ccc(-c2ccc(N(c3ccc(-c4ccc5c(c4)c4cc(-c6ccccc6)ccc4n5-c4ccc5c6ccccc6c6ccccc6c5c4)cc3)c3ccc(-c4cccc5oc6ccccc6c45)cc3)cc2)cc1. The molecular formula is C72H46N2O. The molecule has 2 aromatic heterocycles. The maximum Gasteiger partial charge on any atom is 0.136 e. The van der Waals surface area contributed by atoms with Crippen LogP contribution in [0.25, 0.3) is 126 Å². The van der Waals surface area contributed by atoms with Crippen LogP contribution in [-0.2, 0) is 0 Å². The van der Waals surface area contributed by atoms with Crippen molar-refractivity contribution >= 4 is 93.1 Å². The molecule has 13 aromatic carbocycles. The van der Waals surface area contributed by atoms with Crippen molar-refractivity contribution in [1.29, 1.82) is 0 Å². The topological polar surface area (TPSA) is 21.3 Å². The van der Waals surface area contributed by atoms with Crippen LogP contribution in [0.5, 0.6) is 0 Å². The molecule has 0 bridgehead atoms. The Kier molecular flexibility index (Phi) is 9.89. The van der Waals surface area contributed by atoms with Crippen molar-refractivity contribution in [1.82, 2.24) is 4.57 Å². The number of hydrogen-bond acceptors (Lipinski definition) is 2. The third kappa shape index (κ3) is 7.12. The summed E-state index contributed by atoms with van der Waals surface area (Å²) in [4.78, 5) is 2.35. The molecule has 0 fully saturated rings. The Bertz CT molecular complexity index is 4630.